The highest BCUT2D eigenvalue weighted by Gasteiger charge is 2.37. The van der Waals surface area contributed by atoms with Gasteiger partial charge in [0.05, 0.1) is 24.5 Å². The van der Waals surface area contributed by atoms with Gasteiger partial charge in [0.25, 0.3) is 5.56 Å². The van der Waals surface area contributed by atoms with Crippen LogP contribution in [0.5, 0.6) is 0 Å². The molecule has 174 valence electrons. The second-order valence-corrected chi connectivity index (χ2v) is 8.10. The van der Waals surface area contributed by atoms with Crippen LogP contribution in [0.3, 0.4) is 0 Å². The standard InChI is InChI=1S/C21H16F4N8O/c1-10(11-2-5-16(27-7-11)21(23,24)25)33-19-17(14(6-26)31-33)20(34)30-18(29-19)13-3-4-15(13)32-9-12(22)8-28-32/h2,5,7-10,13,15H,3-4H2,1H3,(H,29,30,34)/t10-,13-,15-/m0/s1. The fourth-order valence-corrected chi connectivity index (χ4v) is 4.16. The monoisotopic (exact) mass is 472 g/mol. The third-order valence-corrected chi connectivity index (χ3v) is 6.11. The van der Waals surface area contributed by atoms with Crippen LogP contribution >= 0.6 is 0 Å². The van der Waals surface area contributed by atoms with E-state index in [1.807, 2.05) is 6.07 Å². The summed E-state index contributed by atoms with van der Waals surface area (Å²) >= 11 is 0. The first-order valence-corrected chi connectivity index (χ1v) is 10.3. The van der Waals surface area contributed by atoms with Gasteiger partial charge >= 0.3 is 6.18 Å². The van der Waals surface area contributed by atoms with Crippen LogP contribution < -0.4 is 5.56 Å². The maximum Gasteiger partial charge on any atom is 0.433 e. The van der Waals surface area contributed by atoms with Gasteiger partial charge in [0.2, 0.25) is 0 Å². The predicted octanol–water partition coefficient (Wildman–Crippen LogP) is 3.47. The second kappa shape index (κ2) is 7.75. The van der Waals surface area contributed by atoms with Gasteiger partial charge in [0, 0.05) is 12.1 Å². The van der Waals surface area contributed by atoms with Gasteiger partial charge in [-0.25, -0.2) is 14.1 Å². The summed E-state index contributed by atoms with van der Waals surface area (Å²) < 4.78 is 54.8. The number of nitrogens with zero attached hydrogens (tertiary/aromatic N) is 7. The zero-order chi connectivity index (χ0) is 24.2. The number of halogens is 4. The number of nitriles is 1. The minimum Gasteiger partial charge on any atom is -0.309 e. The molecular weight excluding hydrogens is 456 g/mol. The fourth-order valence-electron chi connectivity index (χ4n) is 4.16. The molecule has 0 radical (unpaired) electrons. The average molecular weight is 472 g/mol. The highest BCUT2D eigenvalue weighted by molar-refractivity contribution is 5.80. The summed E-state index contributed by atoms with van der Waals surface area (Å²) in [5, 5.41) is 17.7. The molecule has 0 spiro atoms. The molecule has 1 fully saturated rings. The lowest BCUT2D eigenvalue weighted by Crippen LogP contribution is -2.30. The first kappa shape index (κ1) is 21.7. The summed E-state index contributed by atoms with van der Waals surface area (Å²) in [5.74, 6) is -0.375. The fraction of sp³-hybridized carbons (Fsp3) is 0.333. The topological polar surface area (TPSA) is 118 Å². The molecule has 0 aromatic carbocycles. The van der Waals surface area contributed by atoms with Crippen molar-refractivity contribution in [3.05, 3.63) is 69.7 Å². The number of rotatable bonds is 4. The third-order valence-electron chi connectivity index (χ3n) is 6.11. The number of pyridine rings is 1. The third kappa shape index (κ3) is 3.51. The molecule has 4 heterocycles. The Bertz CT molecular complexity index is 1480. The van der Waals surface area contributed by atoms with Crippen molar-refractivity contribution in [3.63, 3.8) is 0 Å². The van der Waals surface area contributed by atoms with Crippen LogP contribution in [0.1, 0.15) is 60.5 Å². The van der Waals surface area contributed by atoms with Crippen molar-refractivity contribution >= 4 is 11.0 Å². The zero-order valence-corrected chi connectivity index (χ0v) is 17.6. The van der Waals surface area contributed by atoms with Gasteiger partial charge in [-0.15, -0.1) is 0 Å². The van der Waals surface area contributed by atoms with Crippen LogP contribution in [0.4, 0.5) is 17.6 Å². The molecule has 0 aliphatic heterocycles. The van der Waals surface area contributed by atoms with Crippen LogP contribution in [0.25, 0.3) is 11.0 Å². The van der Waals surface area contributed by atoms with Crippen LogP contribution in [0, 0.1) is 17.1 Å². The molecule has 9 nitrogen and oxygen atoms in total. The molecule has 0 amide bonds. The Morgan fingerprint density at radius 3 is 2.62 bits per heavy atom. The van der Waals surface area contributed by atoms with Crippen molar-refractivity contribution in [2.45, 2.75) is 43.9 Å². The minimum atomic E-state index is -4.57. The first-order chi connectivity index (χ1) is 16.2. The van der Waals surface area contributed by atoms with E-state index in [4.69, 9.17) is 0 Å². The molecule has 3 atom stereocenters. The molecule has 1 aliphatic rings. The van der Waals surface area contributed by atoms with Crippen molar-refractivity contribution in [1.29, 1.82) is 5.26 Å². The number of hydrogen-bond donors (Lipinski definition) is 1. The van der Waals surface area contributed by atoms with Crippen molar-refractivity contribution < 1.29 is 17.6 Å². The highest BCUT2D eigenvalue weighted by Crippen LogP contribution is 2.44. The molecule has 1 saturated carbocycles. The van der Waals surface area contributed by atoms with Crippen LogP contribution in [-0.4, -0.2) is 34.5 Å². The van der Waals surface area contributed by atoms with Gasteiger partial charge in [0.15, 0.2) is 17.2 Å². The number of fused-ring (bicyclic) bond motifs is 1. The van der Waals surface area contributed by atoms with Crippen molar-refractivity contribution in [2.24, 2.45) is 0 Å². The van der Waals surface area contributed by atoms with E-state index in [-0.39, 0.29) is 28.7 Å². The second-order valence-electron chi connectivity index (χ2n) is 8.10. The normalized spacial score (nSPS) is 19.1. The number of aromatic amines is 1. The van der Waals surface area contributed by atoms with E-state index >= 15 is 0 Å². The zero-order valence-electron chi connectivity index (χ0n) is 17.6. The number of H-pyrrole nitrogens is 1. The maximum atomic E-state index is 13.4. The van der Waals surface area contributed by atoms with Gasteiger partial charge in [-0.1, -0.05) is 6.07 Å². The minimum absolute atomic E-state index is 0.0148. The quantitative estimate of drug-likeness (QED) is 0.455. The number of hydrogen-bond acceptors (Lipinski definition) is 6. The molecule has 0 bridgehead atoms. The van der Waals surface area contributed by atoms with Crippen LogP contribution in [0.2, 0.25) is 0 Å². The van der Waals surface area contributed by atoms with E-state index in [1.54, 1.807) is 6.92 Å². The van der Waals surface area contributed by atoms with Gasteiger partial charge in [-0.2, -0.15) is 28.6 Å². The summed E-state index contributed by atoms with van der Waals surface area (Å²) in [5.41, 5.74) is -1.23. The molecule has 0 saturated heterocycles. The lowest BCUT2D eigenvalue weighted by molar-refractivity contribution is -0.141. The van der Waals surface area contributed by atoms with E-state index in [9.17, 15) is 27.6 Å². The van der Waals surface area contributed by atoms with Crippen molar-refractivity contribution in [3.8, 4) is 6.07 Å². The van der Waals surface area contributed by atoms with Gasteiger partial charge in [-0.05, 0) is 31.4 Å². The summed E-state index contributed by atoms with van der Waals surface area (Å²) in [4.78, 5) is 23.6. The van der Waals surface area contributed by atoms with Gasteiger partial charge in [0.1, 0.15) is 23.0 Å². The van der Waals surface area contributed by atoms with Crippen molar-refractivity contribution in [1.82, 2.24) is 34.5 Å². The van der Waals surface area contributed by atoms with E-state index < -0.39 is 29.3 Å². The van der Waals surface area contributed by atoms with E-state index in [2.05, 4.69) is 25.1 Å². The van der Waals surface area contributed by atoms with E-state index in [1.165, 1.54) is 21.6 Å². The Kier molecular flexibility index (Phi) is 4.96. The Labute approximate surface area is 188 Å². The predicted molar refractivity (Wildman–Crippen MR) is 109 cm³/mol. The summed E-state index contributed by atoms with van der Waals surface area (Å²) in [6.07, 6.45) is 0.264. The first-order valence-electron chi connectivity index (χ1n) is 10.3. The Morgan fingerprint density at radius 1 is 1.26 bits per heavy atom. The molecule has 5 rings (SSSR count). The van der Waals surface area contributed by atoms with Gasteiger partial charge in [-0.3, -0.25) is 14.5 Å². The molecule has 4 aromatic rings. The molecule has 1 aliphatic carbocycles. The summed E-state index contributed by atoms with van der Waals surface area (Å²) in [6.45, 7) is 1.65. The summed E-state index contributed by atoms with van der Waals surface area (Å²) in [7, 11) is 0. The van der Waals surface area contributed by atoms with Gasteiger partial charge < -0.3 is 4.98 Å². The van der Waals surface area contributed by atoms with E-state index in [0.717, 1.165) is 18.5 Å². The molecule has 0 unspecified atom stereocenters. The Morgan fingerprint density at radius 2 is 2.06 bits per heavy atom. The summed E-state index contributed by atoms with van der Waals surface area (Å²) in [6, 6.07) is 3.12. The highest BCUT2D eigenvalue weighted by atomic mass is 19.4. The maximum absolute atomic E-state index is 13.4. The van der Waals surface area contributed by atoms with Crippen molar-refractivity contribution in [2.75, 3.05) is 0 Å². The van der Waals surface area contributed by atoms with E-state index in [0.29, 0.717) is 24.2 Å². The van der Waals surface area contributed by atoms with Crippen LogP contribution in [-0.2, 0) is 6.18 Å². The Balaban J connectivity index is 1.57. The molecule has 4 aromatic heterocycles. The molecular formula is C21H16F4N8O. The average Bonchev–Trinajstić information content (AvgIpc) is 3.35. The number of alkyl halides is 3. The SMILES string of the molecule is C[C@@H](c1ccc(C(F)(F)F)nc1)n1nc(C#N)c2c(=O)[nH]c([C@H]3CC[C@@H]3n3cc(F)cn3)nc21. The number of aromatic nitrogens is 7. The largest absolute Gasteiger partial charge is 0.433 e. The smallest absolute Gasteiger partial charge is 0.309 e. The lowest BCUT2D eigenvalue weighted by Gasteiger charge is -2.35. The Hall–Kier alpha value is -4.08. The molecule has 34 heavy (non-hydrogen) atoms. The molecule has 13 heteroatoms. The number of nitrogens with one attached hydrogen (secondary N) is 1. The molecule has 1 N–H and O–H groups in total. The van der Waals surface area contributed by atoms with Crippen LogP contribution in [0.15, 0.2) is 35.5 Å². The lowest BCUT2D eigenvalue weighted by atomic mass is 9.79.